The Hall–Kier alpha value is -2.55. The third-order valence-electron chi connectivity index (χ3n) is 2.45. The van der Waals surface area contributed by atoms with Crippen molar-refractivity contribution >= 4 is 21.7 Å². The van der Waals surface area contributed by atoms with Crippen molar-refractivity contribution in [2.45, 2.75) is 5.03 Å². The Morgan fingerprint density at radius 3 is 2.55 bits per heavy atom. The summed E-state index contributed by atoms with van der Waals surface area (Å²) in [5.74, 6) is -0.811. The summed E-state index contributed by atoms with van der Waals surface area (Å²) in [6, 6.07) is 6.13. The van der Waals surface area contributed by atoms with Crippen molar-refractivity contribution in [3.63, 3.8) is 0 Å². The van der Waals surface area contributed by atoms with Crippen LogP contribution in [0.5, 0.6) is 5.75 Å². The number of H-pyrrole nitrogens is 1. The van der Waals surface area contributed by atoms with Gasteiger partial charge in [-0.15, -0.1) is 0 Å². The topological polar surface area (TPSA) is 121 Å². The number of benzene rings is 1. The number of aromatic amines is 1. The number of sulfonamides is 1. The van der Waals surface area contributed by atoms with Crippen LogP contribution in [0.25, 0.3) is 0 Å². The number of ether oxygens (including phenoxy) is 1. The molecule has 0 fully saturated rings. The first-order valence-corrected chi connectivity index (χ1v) is 6.86. The van der Waals surface area contributed by atoms with Crippen molar-refractivity contribution in [2.75, 3.05) is 11.8 Å². The van der Waals surface area contributed by atoms with E-state index in [0.29, 0.717) is 5.75 Å². The quantitative estimate of drug-likeness (QED) is 0.754. The molecular weight excluding hydrogens is 286 g/mol. The molecule has 20 heavy (non-hydrogen) atoms. The van der Waals surface area contributed by atoms with Gasteiger partial charge in [-0.2, -0.15) is 13.5 Å². The van der Waals surface area contributed by atoms with Crippen LogP contribution in [0.2, 0.25) is 0 Å². The third kappa shape index (κ3) is 2.72. The van der Waals surface area contributed by atoms with E-state index in [2.05, 4.69) is 14.9 Å². The maximum Gasteiger partial charge on any atom is 0.340 e. The van der Waals surface area contributed by atoms with Crippen LogP contribution in [0, 0.1) is 0 Å². The van der Waals surface area contributed by atoms with Gasteiger partial charge in [0.05, 0.1) is 13.3 Å². The van der Waals surface area contributed by atoms with E-state index < -0.39 is 26.6 Å². The van der Waals surface area contributed by atoms with E-state index >= 15 is 0 Å². The van der Waals surface area contributed by atoms with Crippen LogP contribution < -0.4 is 9.46 Å². The van der Waals surface area contributed by atoms with Crippen LogP contribution in [-0.2, 0) is 10.0 Å². The molecule has 1 aromatic heterocycles. The Kier molecular flexibility index (Phi) is 3.61. The van der Waals surface area contributed by atoms with Gasteiger partial charge in [0.2, 0.25) is 0 Å². The lowest BCUT2D eigenvalue weighted by molar-refractivity contribution is 0.0692. The normalized spacial score (nSPS) is 11.1. The minimum Gasteiger partial charge on any atom is -0.497 e. The number of aromatic carboxylic acids is 1. The van der Waals surface area contributed by atoms with Gasteiger partial charge in [0.1, 0.15) is 11.3 Å². The Morgan fingerprint density at radius 2 is 2.00 bits per heavy atom. The highest BCUT2D eigenvalue weighted by molar-refractivity contribution is 7.92. The molecule has 0 spiro atoms. The van der Waals surface area contributed by atoms with E-state index in [-0.39, 0.29) is 5.69 Å². The first kappa shape index (κ1) is 13.9. The van der Waals surface area contributed by atoms with E-state index in [9.17, 15) is 13.2 Å². The second-order valence-corrected chi connectivity index (χ2v) is 5.37. The van der Waals surface area contributed by atoms with Crippen molar-refractivity contribution < 1.29 is 23.1 Å². The van der Waals surface area contributed by atoms with Gasteiger partial charge in [0.15, 0.2) is 5.03 Å². The molecule has 0 amide bonds. The lowest BCUT2D eigenvalue weighted by Crippen LogP contribution is -2.16. The summed E-state index contributed by atoms with van der Waals surface area (Å²) in [5.41, 5.74) is -0.150. The molecule has 1 heterocycles. The molecule has 0 radical (unpaired) electrons. The lowest BCUT2D eigenvalue weighted by atomic mass is 10.3. The molecule has 1 aromatic carbocycles. The number of anilines is 1. The first-order chi connectivity index (χ1) is 9.44. The average molecular weight is 297 g/mol. The third-order valence-corrected chi connectivity index (χ3v) is 3.80. The maximum atomic E-state index is 12.1. The summed E-state index contributed by atoms with van der Waals surface area (Å²) in [4.78, 5) is 10.9. The summed E-state index contributed by atoms with van der Waals surface area (Å²) in [5, 5.41) is 14.0. The molecule has 0 aliphatic heterocycles. The molecule has 3 N–H and O–H groups in total. The number of rotatable bonds is 5. The van der Waals surface area contributed by atoms with Crippen LogP contribution >= 0.6 is 0 Å². The summed E-state index contributed by atoms with van der Waals surface area (Å²) in [6.07, 6.45) is 0.935. The van der Waals surface area contributed by atoms with Gasteiger partial charge < -0.3 is 9.84 Å². The van der Waals surface area contributed by atoms with Gasteiger partial charge in [0.25, 0.3) is 10.0 Å². The van der Waals surface area contributed by atoms with Gasteiger partial charge in [-0.1, -0.05) is 0 Å². The molecule has 0 unspecified atom stereocenters. The standard InChI is InChI=1S/C11H11N3O5S/c1-19-8-4-2-7(3-5-8)14-20(17,18)10-9(11(15)16)6-12-13-10/h2-6,14H,1H3,(H,12,13)(H,15,16). The fraction of sp³-hybridized carbons (Fsp3) is 0.0909. The Labute approximate surface area is 114 Å². The molecule has 0 aliphatic rings. The van der Waals surface area contributed by atoms with Crippen molar-refractivity contribution in [1.29, 1.82) is 0 Å². The van der Waals surface area contributed by atoms with Crippen molar-refractivity contribution in [3.8, 4) is 5.75 Å². The molecule has 2 rings (SSSR count). The Balaban J connectivity index is 2.30. The largest absolute Gasteiger partial charge is 0.497 e. The van der Waals surface area contributed by atoms with Gasteiger partial charge >= 0.3 is 5.97 Å². The predicted octanol–water partition coefficient (Wildman–Crippen LogP) is 0.917. The molecule has 9 heteroatoms. The van der Waals surface area contributed by atoms with Gasteiger partial charge in [-0.05, 0) is 24.3 Å². The zero-order valence-electron chi connectivity index (χ0n) is 10.3. The summed E-state index contributed by atoms with van der Waals surface area (Å²) >= 11 is 0. The molecule has 0 aliphatic carbocycles. The second kappa shape index (κ2) is 5.21. The highest BCUT2D eigenvalue weighted by Gasteiger charge is 2.24. The molecule has 2 aromatic rings. The number of hydrogen-bond acceptors (Lipinski definition) is 5. The van der Waals surface area contributed by atoms with E-state index in [1.165, 1.54) is 19.2 Å². The molecule has 0 saturated heterocycles. The minimum atomic E-state index is -4.05. The smallest absolute Gasteiger partial charge is 0.340 e. The van der Waals surface area contributed by atoms with Crippen LogP contribution in [-0.4, -0.2) is 36.8 Å². The number of carboxylic acid groups (broad SMARTS) is 1. The number of hydrogen-bond donors (Lipinski definition) is 3. The number of nitrogens with one attached hydrogen (secondary N) is 2. The summed E-state index contributed by atoms with van der Waals surface area (Å²) in [7, 11) is -2.57. The maximum absolute atomic E-state index is 12.1. The number of methoxy groups -OCH3 is 1. The average Bonchev–Trinajstić information content (AvgIpc) is 2.89. The molecule has 8 nitrogen and oxygen atoms in total. The molecular formula is C11H11N3O5S. The SMILES string of the molecule is COc1ccc(NS(=O)(=O)c2[nH]ncc2C(=O)O)cc1. The molecule has 0 bridgehead atoms. The van der Waals surface area contributed by atoms with Crippen molar-refractivity contribution in [1.82, 2.24) is 10.2 Å². The Bertz CT molecular complexity index is 721. The molecule has 0 saturated carbocycles. The second-order valence-electron chi connectivity index (χ2n) is 3.75. The zero-order valence-corrected chi connectivity index (χ0v) is 11.1. The summed E-state index contributed by atoms with van der Waals surface area (Å²) in [6.45, 7) is 0. The van der Waals surface area contributed by atoms with Crippen LogP contribution in [0.1, 0.15) is 10.4 Å². The lowest BCUT2D eigenvalue weighted by Gasteiger charge is -2.07. The van der Waals surface area contributed by atoms with Gasteiger partial charge in [-0.3, -0.25) is 9.82 Å². The minimum absolute atomic E-state index is 0.275. The molecule has 0 atom stereocenters. The van der Waals surface area contributed by atoms with E-state index in [1.807, 2.05) is 0 Å². The van der Waals surface area contributed by atoms with Crippen LogP contribution in [0.4, 0.5) is 5.69 Å². The predicted molar refractivity (Wildman–Crippen MR) is 69.3 cm³/mol. The van der Waals surface area contributed by atoms with Crippen molar-refractivity contribution in [3.05, 3.63) is 36.0 Å². The van der Waals surface area contributed by atoms with Gasteiger partial charge in [-0.25, -0.2) is 4.79 Å². The first-order valence-electron chi connectivity index (χ1n) is 5.37. The van der Waals surface area contributed by atoms with E-state index in [1.54, 1.807) is 12.1 Å². The number of carboxylic acids is 1. The molecule has 106 valence electrons. The highest BCUT2D eigenvalue weighted by atomic mass is 32.2. The fourth-order valence-corrected chi connectivity index (χ4v) is 2.65. The van der Waals surface area contributed by atoms with E-state index in [4.69, 9.17) is 9.84 Å². The number of nitrogens with zero attached hydrogens (tertiary/aromatic N) is 1. The number of carbonyl (C=O) groups is 1. The Morgan fingerprint density at radius 1 is 1.35 bits per heavy atom. The van der Waals surface area contributed by atoms with Gasteiger partial charge in [0, 0.05) is 5.69 Å². The fourth-order valence-electron chi connectivity index (χ4n) is 1.50. The van der Waals surface area contributed by atoms with Crippen LogP contribution in [0.3, 0.4) is 0 Å². The van der Waals surface area contributed by atoms with E-state index in [0.717, 1.165) is 6.20 Å². The van der Waals surface area contributed by atoms with Crippen LogP contribution in [0.15, 0.2) is 35.5 Å². The monoisotopic (exact) mass is 297 g/mol. The zero-order chi connectivity index (χ0) is 14.8. The van der Waals surface area contributed by atoms with Crippen molar-refractivity contribution in [2.24, 2.45) is 0 Å². The summed E-state index contributed by atoms with van der Waals surface area (Å²) < 4.78 is 31.3. The number of aromatic nitrogens is 2. The highest BCUT2D eigenvalue weighted by Crippen LogP contribution is 2.20.